The molecule has 0 aliphatic carbocycles. The molecule has 1 heterocycles. The highest BCUT2D eigenvalue weighted by atomic mass is 32.2. The summed E-state index contributed by atoms with van der Waals surface area (Å²) in [6, 6.07) is 11.5. The second-order valence-corrected chi connectivity index (χ2v) is 8.61. The summed E-state index contributed by atoms with van der Waals surface area (Å²) in [6.45, 7) is -2.05. The van der Waals surface area contributed by atoms with Gasteiger partial charge in [-0.1, -0.05) is 25.0 Å². The SMILES string of the molecule is O=C(Nc1ccc(S(=O)(=O)N2CCCCCC2)cc1)c1ccccc1OC(F)F. The van der Waals surface area contributed by atoms with E-state index < -0.39 is 22.5 Å². The van der Waals surface area contributed by atoms with Crippen LogP contribution in [0.4, 0.5) is 14.5 Å². The first-order valence-corrected chi connectivity index (χ1v) is 10.8. The number of nitrogens with one attached hydrogen (secondary N) is 1. The fourth-order valence-corrected chi connectivity index (χ4v) is 4.71. The van der Waals surface area contributed by atoms with Gasteiger partial charge in [0.1, 0.15) is 5.75 Å². The standard InChI is InChI=1S/C20H22F2N2O4S/c21-20(22)28-18-8-4-3-7-17(18)19(25)23-15-9-11-16(12-10-15)29(26,27)24-13-5-1-2-6-14-24/h3-4,7-12,20H,1-2,5-6,13-14H2,(H,23,25). The number of amides is 1. The summed E-state index contributed by atoms with van der Waals surface area (Å²) < 4.78 is 56.5. The van der Waals surface area contributed by atoms with E-state index in [0.717, 1.165) is 25.7 Å². The highest BCUT2D eigenvalue weighted by Crippen LogP contribution is 2.24. The van der Waals surface area contributed by atoms with E-state index in [-0.39, 0.29) is 16.2 Å². The summed E-state index contributed by atoms with van der Waals surface area (Å²) in [4.78, 5) is 12.6. The molecule has 0 bridgehead atoms. The van der Waals surface area contributed by atoms with Crippen molar-refractivity contribution in [2.75, 3.05) is 18.4 Å². The number of ether oxygens (including phenoxy) is 1. The summed E-state index contributed by atoms with van der Waals surface area (Å²) >= 11 is 0. The molecule has 29 heavy (non-hydrogen) atoms. The van der Waals surface area contributed by atoms with Crippen LogP contribution in [-0.2, 0) is 10.0 Å². The molecule has 1 amide bonds. The third-order valence-corrected chi connectivity index (χ3v) is 6.58. The lowest BCUT2D eigenvalue weighted by Crippen LogP contribution is -2.31. The molecule has 2 aromatic carbocycles. The second kappa shape index (κ2) is 9.32. The van der Waals surface area contributed by atoms with Gasteiger partial charge >= 0.3 is 6.61 Å². The molecule has 3 rings (SSSR count). The lowest BCUT2D eigenvalue weighted by molar-refractivity contribution is -0.0501. The Morgan fingerprint density at radius 3 is 2.21 bits per heavy atom. The molecule has 0 radical (unpaired) electrons. The fraction of sp³-hybridized carbons (Fsp3) is 0.350. The van der Waals surface area contributed by atoms with E-state index >= 15 is 0 Å². The average molecular weight is 424 g/mol. The molecule has 1 aliphatic heterocycles. The highest BCUT2D eigenvalue weighted by Gasteiger charge is 2.25. The van der Waals surface area contributed by atoms with Crippen molar-refractivity contribution in [2.24, 2.45) is 0 Å². The Hall–Kier alpha value is -2.52. The van der Waals surface area contributed by atoms with Crippen molar-refractivity contribution in [1.82, 2.24) is 4.31 Å². The molecule has 6 nitrogen and oxygen atoms in total. The van der Waals surface area contributed by atoms with Crippen LogP contribution in [-0.4, -0.2) is 38.3 Å². The van der Waals surface area contributed by atoms with E-state index in [4.69, 9.17) is 0 Å². The minimum absolute atomic E-state index is 0.0472. The number of para-hydroxylation sites is 1. The van der Waals surface area contributed by atoms with E-state index in [9.17, 15) is 22.0 Å². The first-order valence-electron chi connectivity index (χ1n) is 9.33. The van der Waals surface area contributed by atoms with Gasteiger partial charge in [0.2, 0.25) is 10.0 Å². The zero-order chi connectivity index (χ0) is 20.9. The summed E-state index contributed by atoms with van der Waals surface area (Å²) in [5, 5.41) is 2.57. The van der Waals surface area contributed by atoms with Crippen molar-refractivity contribution < 1.29 is 26.7 Å². The lowest BCUT2D eigenvalue weighted by atomic mass is 10.2. The van der Waals surface area contributed by atoms with Gasteiger partial charge in [-0.15, -0.1) is 0 Å². The van der Waals surface area contributed by atoms with Crippen LogP contribution in [0.15, 0.2) is 53.4 Å². The van der Waals surface area contributed by atoms with Gasteiger partial charge in [0.25, 0.3) is 5.91 Å². The van der Waals surface area contributed by atoms with Crippen molar-refractivity contribution in [3.63, 3.8) is 0 Å². The Morgan fingerprint density at radius 1 is 0.966 bits per heavy atom. The minimum Gasteiger partial charge on any atom is -0.434 e. The van der Waals surface area contributed by atoms with Crippen molar-refractivity contribution in [2.45, 2.75) is 37.2 Å². The highest BCUT2D eigenvalue weighted by molar-refractivity contribution is 7.89. The topological polar surface area (TPSA) is 75.7 Å². The summed E-state index contributed by atoms with van der Waals surface area (Å²) in [5.41, 5.74) is 0.297. The molecule has 0 aromatic heterocycles. The average Bonchev–Trinajstić information content (AvgIpc) is 2.98. The van der Waals surface area contributed by atoms with Gasteiger partial charge in [-0.05, 0) is 49.2 Å². The van der Waals surface area contributed by atoms with Crippen LogP contribution in [0.5, 0.6) is 5.75 Å². The van der Waals surface area contributed by atoms with Crippen molar-refractivity contribution >= 4 is 21.6 Å². The van der Waals surface area contributed by atoms with E-state index in [1.807, 2.05) is 0 Å². The zero-order valence-corrected chi connectivity index (χ0v) is 16.5. The number of nitrogens with zero attached hydrogens (tertiary/aromatic N) is 1. The number of carbonyl (C=O) groups excluding carboxylic acids is 1. The van der Waals surface area contributed by atoms with Gasteiger partial charge in [-0.3, -0.25) is 4.79 Å². The number of benzene rings is 2. The van der Waals surface area contributed by atoms with Crippen molar-refractivity contribution in [1.29, 1.82) is 0 Å². The number of sulfonamides is 1. The quantitative estimate of drug-likeness (QED) is 0.757. The van der Waals surface area contributed by atoms with Crippen LogP contribution < -0.4 is 10.1 Å². The van der Waals surface area contributed by atoms with Crippen LogP contribution in [0, 0.1) is 0 Å². The number of alkyl halides is 2. The van der Waals surface area contributed by atoms with E-state index in [1.54, 1.807) is 0 Å². The molecule has 0 unspecified atom stereocenters. The van der Waals surface area contributed by atoms with Crippen LogP contribution in [0.3, 0.4) is 0 Å². The van der Waals surface area contributed by atoms with Crippen molar-refractivity contribution in [3.8, 4) is 5.75 Å². The van der Waals surface area contributed by atoms with Gasteiger partial charge in [-0.25, -0.2) is 8.42 Å². The Kier molecular flexibility index (Phi) is 6.81. The summed E-state index contributed by atoms with van der Waals surface area (Å²) in [5.74, 6) is -0.871. The zero-order valence-electron chi connectivity index (χ0n) is 15.7. The molecule has 1 N–H and O–H groups in total. The number of halogens is 2. The molecule has 2 aromatic rings. The van der Waals surface area contributed by atoms with E-state index in [1.165, 1.54) is 52.8 Å². The predicted molar refractivity (Wildman–Crippen MR) is 105 cm³/mol. The molecule has 1 saturated heterocycles. The summed E-state index contributed by atoms with van der Waals surface area (Å²) in [7, 11) is -3.59. The second-order valence-electron chi connectivity index (χ2n) is 6.67. The molecule has 156 valence electrons. The number of rotatable bonds is 6. The number of hydrogen-bond acceptors (Lipinski definition) is 4. The lowest BCUT2D eigenvalue weighted by Gasteiger charge is -2.20. The van der Waals surface area contributed by atoms with Gasteiger partial charge in [0.15, 0.2) is 0 Å². The monoisotopic (exact) mass is 424 g/mol. The first-order chi connectivity index (χ1) is 13.9. The minimum atomic E-state index is -3.59. The van der Waals surface area contributed by atoms with Crippen molar-refractivity contribution in [3.05, 3.63) is 54.1 Å². The van der Waals surface area contributed by atoms with E-state index in [2.05, 4.69) is 10.1 Å². The van der Waals surface area contributed by atoms with Gasteiger partial charge < -0.3 is 10.1 Å². The molecular weight excluding hydrogens is 402 g/mol. The number of hydrogen-bond donors (Lipinski definition) is 1. The Bertz CT molecular complexity index is 941. The van der Waals surface area contributed by atoms with E-state index in [0.29, 0.717) is 18.8 Å². The van der Waals surface area contributed by atoms with Crippen LogP contribution >= 0.6 is 0 Å². The molecule has 9 heteroatoms. The summed E-state index contributed by atoms with van der Waals surface area (Å²) in [6.07, 6.45) is 3.72. The molecular formula is C20H22F2N2O4S. The fourth-order valence-electron chi connectivity index (χ4n) is 3.19. The van der Waals surface area contributed by atoms with Crippen LogP contribution in [0.2, 0.25) is 0 Å². The number of anilines is 1. The maximum Gasteiger partial charge on any atom is 0.387 e. The Balaban J connectivity index is 1.73. The van der Waals surface area contributed by atoms with Gasteiger partial charge in [-0.2, -0.15) is 13.1 Å². The normalized spacial score (nSPS) is 15.7. The third-order valence-electron chi connectivity index (χ3n) is 4.66. The van der Waals surface area contributed by atoms with Gasteiger partial charge in [0, 0.05) is 18.8 Å². The smallest absolute Gasteiger partial charge is 0.387 e. The maximum atomic E-state index is 12.8. The Morgan fingerprint density at radius 2 is 1.59 bits per heavy atom. The molecule has 1 fully saturated rings. The third kappa shape index (κ3) is 5.30. The maximum absolute atomic E-state index is 12.8. The Labute approximate surface area is 168 Å². The predicted octanol–water partition coefficient (Wildman–Crippen LogP) is 4.11. The molecule has 1 aliphatic rings. The largest absolute Gasteiger partial charge is 0.434 e. The number of carbonyl (C=O) groups is 1. The molecule has 0 atom stereocenters. The molecule has 0 saturated carbocycles. The van der Waals surface area contributed by atoms with Crippen LogP contribution in [0.25, 0.3) is 0 Å². The first kappa shape index (κ1) is 21.2. The van der Waals surface area contributed by atoms with Gasteiger partial charge in [0.05, 0.1) is 10.5 Å². The van der Waals surface area contributed by atoms with Crippen LogP contribution in [0.1, 0.15) is 36.0 Å². The molecule has 0 spiro atoms.